The molecule has 0 saturated carbocycles. The van der Waals surface area contributed by atoms with Gasteiger partial charge in [0.2, 0.25) is 5.91 Å². The molecule has 3 rings (SSSR count). The normalized spacial score (nSPS) is 11.1. The zero-order valence-electron chi connectivity index (χ0n) is 17.8. The van der Waals surface area contributed by atoms with Crippen molar-refractivity contribution in [2.75, 3.05) is 29.3 Å². The second-order valence-electron chi connectivity index (χ2n) is 6.75. The standard InChI is InChI=1S/C22H24N4O4S2/c1-3-25(4-2)21(28)17-9-8-10-18(15-17)24-20(27)16-26(22-23-13-14-31-22)32(29,30)19-11-6-5-7-12-19/h5-15H,3-4,16H2,1-2H3,(H,24,27). The molecule has 1 aromatic heterocycles. The van der Waals surface area contributed by atoms with Crippen molar-refractivity contribution in [1.29, 1.82) is 0 Å². The van der Waals surface area contributed by atoms with E-state index in [-0.39, 0.29) is 15.9 Å². The lowest BCUT2D eigenvalue weighted by Gasteiger charge is -2.21. The Morgan fingerprint density at radius 2 is 1.75 bits per heavy atom. The molecular weight excluding hydrogens is 448 g/mol. The molecule has 168 valence electrons. The van der Waals surface area contributed by atoms with E-state index in [9.17, 15) is 18.0 Å². The number of anilines is 2. The molecule has 2 amide bonds. The molecule has 0 atom stereocenters. The van der Waals surface area contributed by atoms with Gasteiger partial charge in [-0.05, 0) is 44.2 Å². The maximum absolute atomic E-state index is 13.2. The predicted octanol–water partition coefficient (Wildman–Crippen LogP) is 3.46. The van der Waals surface area contributed by atoms with Crippen LogP contribution in [-0.4, -0.2) is 49.8 Å². The summed E-state index contributed by atoms with van der Waals surface area (Å²) in [6.07, 6.45) is 1.48. The van der Waals surface area contributed by atoms with Crippen molar-refractivity contribution in [2.45, 2.75) is 18.7 Å². The SMILES string of the molecule is CCN(CC)C(=O)c1cccc(NC(=O)CN(c2nccs2)S(=O)(=O)c2ccccc2)c1. The Morgan fingerprint density at radius 1 is 1.03 bits per heavy atom. The Kier molecular flexibility index (Phi) is 7.60. The number of rotatable bonds is 9. The first-order chi connectivity index (χ1) is 15.4. The summed E-state index contributed by atoms with van der Waals surface area (Å²) in [7, 11) is -3.99. The number of benzene rings is 2. The van der Waals surface area contributed by atoms with Crippen LogP contribution in [0.15, 0.2) is 71.1 Å². The molecule has 0 unspecified atom stereocenters. The number of aromatic nitrogens is 1. The van der Waals surface area contributed by atoms with Crippen molar-refractivity contribution < 1.29 is 18.0 Å². The number of sulfonamides is 1. The Hall–Kier alpha value is -3.24. The maximum atomic E-state index is 13.2. The van der Waals surface area contributed by atoms with Crippen LogP contribution >= 0.6 is 11.3 Å². The van der Waals surface area contributed by atoms with E-state index in [1.807, 2.05) is 13.8 Å². The van der Waals surface area contributed by atoms with Crippen LogP contribution in [0, 0.1) is 0 Å². The zero-order valence-corrected chi connectivity index (χ0v) is 19.4. The van der Waals surface area contributed by atoms with E-state index in [0.29, 0.717) is 24.3 Å². The summed E-state index contributed by atoms with van der Waals surface area (Å²) in [5, 5.41) is 4.52. The zero-order chi connectivity index (χ0) is 23.1. The van der Waals surface area contributed by atoms with E-state index in [0.717, 1.165) is 15.6 Å². The molecule has 0 bridgehead atoms. The lowest BCUT2D eigenvalue weighted by Crippen LogP contribution is -2.38. The second kappa shape index (κ2) is 10.4. The number of carbonyl (C=O) groups is 2. The molecule has 8 nitrogen and oxygen atoms in total. The average Bonchev–Trinajstić information content (AvgIpc) is 3.33. The van der Waals surface area contributed by atoms with Gasteiger partial charge in [0.25, 0.3) is 15.9 Å². The van der Waals surface area contributed by atoms with Gasteiger partial charge in [-0.15, -0.1) is 11.3 Å². The third kappa shape index (κ3) is 5.32. The van der Waals surface area contributed by atoms with Crippen molar-refractivity contribution >= 4 is 44.0 Å². The number of hydrogen-bond acceptors (Lipinski definition) is 6. The third-order valence-electron chi connectivity index (χ3n) is 4.69. The van der Waals surface area contributed by atoms with Gasteiger partial charge in [-0.1, -0.05) is 24.3 Å². The van der Waals surface area contributed by atoms with E-state index >= 15 is 0 Å². The molecule has 0 aliphatic heterocycles. The number of nitrogens with one attached hydrogen (secondary N) is 1. The number of carbonyl (C=O) groups excluding carboxylic acids is 2. The van der Waals surface area contributed by atoms with Crippen molar-refractivity contribution in [2.24, 2.45) is 0 Å². The molecule has 1 heterocycles. The number of amides is 2. The fraction of sp³-hybridized carbons (Fsp3) is 0.227. The van der Waals surface area contributed by atoms with Crippen LogP contribution in [0.5, 0.6) is 0 Å². The van der Waals surface area contributed by atoms with Crippen LogP contribution in [-0.2, 0) is 14.8 Å². The fourth-order valence-electron chi connectivity index (χ4n) is 3.07. The van der Waals surface area contributed by atoms with Crippen molar-refractivity contribution in [3.63, 3.8) is 0 Å². The van der Waals surface area contributed by atoms with Crippen LogP contribution in [0.25, 0.3) is 0 Å². The average molecular weight is 473 g/mol. The summed E-state index contributed by atoms with van der Waals surface area (Å²) in [6.45, 7) is 4.48. The Morgan fingerprint density at radius 3 is 2.38 bits per heavy atom. The summed E-state index contributed by atoms with van der Waals surface area (Å²) in [5.41, 5.74) is 0.851. The van der Waals surface area contributed by atoms with Crippen LogP contribution in [0.2, 0.25) is 0 Å². The minimum Gasteiger partial charge on any atom is -0.339 e. The number of hydrogen-bond donors (Lipinski definition) is 1. The summed E-state index contributed by atoms with van der Waals surface area (Å²) >= 11 is 1.12. The highest BCUT2D eigenvalue weighted by molar-refractivity contribution is 7.93. The summed E-state index contributed by atoms with van der Waals surface area (Å²) in [5.74, 6) is -0.686. The topological polar surface area (TPSA) is 99.7 Å². The van der Waals surface area contributed by atoms with E-state index in [4.69, 9.17) is 0 Å². The minimum absolute atomic E-state index is 0.0646. The maximum Gasteiger partial charge on any atom is 0.266 e. The molecule has 0 saturated heterocycles. The Bertz CT molecular complexity index is 1160. The third-order valence-corrected chi connectivity index (χ3v) is 7.36. The van der Waals surface area contributed by atoms with Gasteiger partial charge >= 0.3 is 0 Å². The molecule has 10 heteroatoms. The van der Waals surface area contributed by atoms with Crippen molar-refractivity contribution in [1.82, 2.24) is 9.88 Å². The molecule has 32 heavy (non-hydrogen) atoms. The van der Waals surface area contributed by atoms with Crippen molar-refractivity contribution in [3.05, 3.63) is 71.7 Å². The van der Waals surface area contributed by atoms with E-state index in [1.165, 1.54) is 18.3 Å². The highest BCUT2D eigenvalue weighted by atomic mass is 32.2. The van der Waals surface area contributed by atoms with E-state index in [2.05, 4.69) is 10.3 Å². The molecule has 0 fully saturated rings. The molecule has 0 aliphatic rings. The van der Waals surface area contributed by atoms with Gasteiger partial charge in [-0.3, -0.25) is 9.59 Å². The first-order valence-electron chi connectivity index (χ1n) is 10.0. The van der Waals surface area contributed by atoms with Gasteiger partial charge in [0, 0.05) is 35.9 Å². The van der Waals surface area contributed by atoms with Crippen LogP contribution in [0.3, 0.4) is 0 Å². The molecular formula is C22H24N4O4S2. The molecule has 1 N–H and O–H groups in total. The first-order valence-corrected chi connectivity index (χ1v) is 12.3. The van der Waals surface area contributed by atoms with Gasteiger partial charge in [0.05, 0.1) is 4.90 Å². The van der Waals surface area contributed by atoms with Gasteiger partial charge in [-0.25, -0.2) is 17.7 Å². The Balaban J connectivity index is 1.81. The minimum atomic E-state index is -3.99. The van der Waals surface area contributed by atoms with Crippen LogP contribution < -0.4 is 9.62 Å². The summed E-state index contributed by atoms with van der Waals surface area (Å²) < 4.78 is 27.3. The smallest absolute Gasteiger partial charge is 0.266 e. The molecule has 0 radical (unpaired) electrons. The quantitative estimate of drug-likeness (QED) is 0.514. The van der Waals surface area contributed by atoms with Crippen LogP contribution in [0.4, 0.5) is 10.8 Å². The lowest BCUT2D eigenvalue weighted by molar-refractivity contribution is -0.114. The molecule has 0 spiro atoms. The van der Waals surface area contributed by atoms with Gasteiger partial charge < -0.3 is 10.2 Å². The predicted molar refractivity (Wildman–Crippen MR) is 125 cm³/mol. The summed E-state index contributed by atoms with van der Waals surface area (Å²) in [4.78, 5) is 31.2. The summed E-state index contributed by atoms with van der Waals surface area (Å²) in [6, 6.07) is 14.5. The highest BCUT2D eigenvalue weighted by Gasteiger charge is 2.29. The number of thiazole rings is 1. The van der Waals surface area contributed by atoms with Gasteiger partial charge in [-0.2, -0.15) is 0 Å². The van der Waals surface area contributed by atoms with E-state index in [1.54, 1.807) is 52.7 Å². The molecule has 2 aromatic carbocycles. The van der Waals surface area contributed by atoms with Crippen molar-refractivity contribution in [3.8, 4) is 0 Å². The van der Waals surface area contributed by atoms with Crippen LogP contribution in [0.1, 0.15) is 24.2 Å². The van der Waals surface area contributed by atoms with Gasteiger partial charge in [0.15, 0.2) is 5.13 Å². The lowest BCUT2D eigenvalue weighted by atomic mass is 10.1. The second-order valence-corrected chi connectivity index (χ2v) is 9.48. The fourth-order valence-corrected chi connectivity index (χ4v) is 5.33. The highest BCUT2D eigenvalue weighted by Crippen LogP contribution is 2.25. The van der Waals surface area contributed by atoms with Gasteiger partial charge in [0.1, 0.15) is 6.54 Å². The Labute approximate surface area is 191 Å². The van der Waals surface area contributed by atoms with E-state index < -0.39 is 22.5 Å². The molecule has 0 aliphatic carbocycles. The first kappa shape index (κ1) is 23.4. The monoisotopic (exact) mass is 472 g/mol. The molecule has 3 aromatic rings. The number of nitrogens with zero attached hydrogens (tertiary/aromatic N) is 3. The largest absolute Gasteiger partial charge is 0.339 e.